The van der Waals surface area contributed by atoms with E-state index in [2.05, 4.69) is 34.8 Å². The van der Waals surface area contributed by atoms with Crippen LogP contribution in [0.2, 0.25) is 0 Å². The van der Waals surface area contributed by atoms with E-state index in [1.54, 1.807) is 6.07 Å². The van der Waals surface area contributed by atoms with Crippen LogP contribution in [-0.4, -0.2) is 5.71 Å². The van der Waals surface area contributed by atoms with E-state index in [1.165, 1.54) is 28.3 Å². The fourth-order valence-electron chi connectivity index (χ4n) is 3.35. The number of nitrogens with one attached hydrogen (secondary N) is 1. The summed E-state index contributed by atoms with van der Waals surface area (Å²) in [6, 6.07) is 19.5. The Morgan fingerprint density at radius 3 is 2.48 bits per heavy atom. The van der Waals surface area contributed by atoms with Crippen LogP contribution >= 0.6 is 0 Å². The Kier molecular flexibility index (Phi) is 4.22. The van der Waals surface area contributed by atoms with Crippen LogP contribution in [0.3, 0.4) is 0 Å². The van der Waals surface area contributed by atoms with Crippen molar-refractivity contribution in [3.05, 3.63) is 89.0 Å². The number of nitrogens with zero attached hydrogens (tertiary/aromatic N) is 1. The van der Waals surface area contributed by atoms with Crippen LogP contribution in [0.4, 0.5) is 18.9 Å². The highest BCUT2D eigenvalue weighted by atomic mass is 19.4. The summed E-state index contributed by atoms with van der Waals surface area (Å²) in [6.07, 6.45) is -3.49. The minimum absolute atomic E-state index is 0.303. The lowest BCUT2D eigenvalue weighted by Gasteiger charge is -2.09. The molecule has 0 fully saturated rings. The van der Waals surface area contributed by atoms with Gasteiger partial charge in [0.25, 0.3) is 0 Å². The third-order valence-corrected chi connectivity index (χ3v) is 4.75. The van der Waals surface area contributed by atoms with E-state index in [-0.39, 0.29) is 0 Å². The molecule has 0 atom stereocenters. The van der Waals surface area contributed by atoms with Crippen LogP contribution < -0.4 is 5.43 Å². The van der Waals surface area contributed by atoms with Gasteiger partial charge < -0.3 is 0 Å². The van der Waals surface area contributed by atoms with Gasteiger partial charge in [-0.25, -0.2) is 0 Å². The molecule has 0 aromatic heterocycles. The molecule has 3 aromatic carbocycles. The Morgan fingerprint density at radius 1 is 0.889 bits per heavy atom. The molecule has 5 heteroatoms. The molecule has 2 nitrogen and oxygen atoms in total. The van der Waals surface area contributed by atoms with Crippen LogP contribution in [0.5, 0.6) is 0 Å². The molecule has 0 amide bonds. The topological polar surface area (TPSA) is 24.4 Å². The largest absolute Gasteiger partial charge is 0.416 e. The summed E-state index contributed by atoms with van der Waals surface area (Å²) in [4.78, 5) is 0. The molecular weight excluding hydrogens is 349 g/mol. The summed E-state index contributed by atoms with van der Waals surface area (Å²) in [5.41, 5.74) is 9.03. The lowest BCUT2D eigenvalue weighted by Crippen LogP contribution is -2.05. The number of halogens is 3. The lowest BCUT2D eigenvalue weighted by molar-refractivity contribution is -0.137. The third kappa shape index (κ3) is 3.45. The predicted octanol–water partition coefficient (Wildman–Crippen LogP) is 6.11. The summed E-state index contributed by atoms with van der Waals surface area (Å²) in [6.45, 7) is 1.84. The summed E-state index contributed by atoms with van der Waals surface area (Å²) in [7, 11) is 0. The van der Waals surface area contributed by atoms with Crippen LogP contribution in [0.15, 0.2) is 71.8 Å². The standard InChI is InChI=1S/C22H17F3N2/c1-14(26-27-19-7-4-6-18(13-19)22(23,24)25)15-9-10-21-17(11-15)12-16-5-2-3-8-20(16)21/h2-11,13,27H,12H2,1H3/b26-14+. The fraction of sp³-hybridized carbons (Fsp3) is 0.136. The molecule has 0 radical (unpaired) electrons. The Hall–Kier alpha value is -3.08. The zero-order chi connectivity index (χ0) is 19.0. The van der Waals surface area contributed by atoms with E-state index < -0.39 is 11.7 Å². The number of rotatable bonds is 3. The monoisotopic (exact) mass is 366 g/mol. The first-order valence-electron chi connectivity index (χ1n) is 8.61. The van der Waals surface area contributed by atoms with Gasteiger partial charge in [-0.05, 0) is 65.4 Å². The van der Waals surface area contributed by atoms with Crippen molar-refractivity contribution in [3.8, 4) is 11.1 Å². The van der Waals surface area contributed by atoms with E-state index in [4.69, 9.17) is 0 Å². The maximum absolute atomic E-state index is 12.8. The minimum atomic E-state index is -4.37. The zero-order valence-corrected chi connectivity index (χ0v) is 14.6. The van der Waals surface area contributed by atoms with Crippen molar-refractivity contribution in [2.45, 2.75) is 19.5 Å². The summed E-state index contributed by atoms with van der Waals surface area (Å²) in [5.74, 6) is 0. The second kappa shape index (κ2) is 6.58. The smallest absolute Gasteiger partial charge is 0.278 e. The first kappa shape index (κ1) is 17.3. The second-order valence-corrected chi connectivity index (χ2v) is 6.59. The van der Waals surface area contributed by atoms with E-state index in [9.17, 15) is 13.2 Å². The first-order chi connectivity index (χ1) is 12.9. The average Bonchev–Trinajstić information content (AvgIpc) is 3.03. The van der Waals surface area contributed by atoms with Gasteiger partial charge in [0.15, 0.2) is 0 Å². The van der Waals surface area contributed by atoms with Gasteiger partial charge in [0.1, 0.15) is 0 Å². The molecule has 3 aromatic rings. The third-order valence-electron chi connectivity index (χ3n) is 4.75. The molecule has 27 heavy (non-hydrogen) atoms. The molecule has 0 spiro atoms. The summed E-state index contributed by atoms with van der Waals surface area (Å²) >= 11 is 0. The second-order valence-electron chi connectivity index (χ2n) is 6.59. The van der Waals surface area contributed by atoms with Gasteiger partial charge in [-0.1, -0.05) is 42.5 Å². The highest BCUT2D eigenvalue weighted by Gasteiger charge is 2.30. The van der Waals surface area contributed by atoms with Crippen LogP contribution in [-0.2, 0) is 12.6 Å². The van der Waals surface area contributed by atoms with Gasteiger partial charge >= 0.3 is 6.18 Å². The van der Waals surface area contributed by atoms with Gasteiger partial charge in [-0.2, -0.15) is 18.3 Å². The van der Waals surface area contributed by atoms with Crippen molar-refractivity contribution < 1.29 is 13.2 Å². The molecule has 136 valence electrons. The zero-order valence-electron chi connectivity index (χ0n) is 14.6. The van der Waals surface area contributed by atoms with E-state index in [1.807, 2.05) is 25.1 Å². The van der Waals surface area contributed by atoms with Crippen molar-refractivity contribution in [1.29, 1.82) is 0 Å². The number of alkyl halides is 3. The van der Waals surface area contributed by atoms with Gasteiger partial charge in [-0.15, -0.1) is 0 Å². The molecule has 0 aliphatic heterocycles. The molecule has 1 N–H and O–H groups in total. The van der Waals surface area contributed by atoms with Crippen LogP contribution in [0.1, 0.15) is 29.2 Å². The molecule has 0 saturated carbocycles. The molecule has 4 rings (SSSR count). The Labute approximate surface area is 155 Å². The van der Waals surface area contributed by atoms with Crippen LogP contribution in [0, 0.1) is 0 Å². The summed E-state index contributed by atoms with van der Waals surface area (Å²) < 4.78 is 38.4. The number of benzene rings is 3. The Bertz CT molecular complexity index is 1040. The quantitative estimate of drug-likeness (QED) is 0.343. The number of hydrogen-bond donors (Lipinski definition) is 1. The molecule has 1 aliphatic rings. The van der Waals surface area contributed by atoms with E-state index in [0.717, 1.165) is 24.1 Å². The van der Waals surface area contributed by atoms with Crippen molar-refractivity contribution >= 4 is 11.4 Å². The van der Waals surface area contributed by atoms with Gasteiger partial charge in [0.2, 0.25) is 0 Å². The lowest BCUT2D eigenvalue weighted by atomic mass is 10.0. The van der Waals surface area contributed by atoms with E-state index in [0.29, 0.717) is 11.4 Å². The van der Waals surface area contributed by atoms with Gasteiger partial charge in [-0.3, -0.25) is 5.43 Å². The normalized spacial score (nSPS) is 13.3. The fourth-order valence-corrected chi connectivity index (χ4v) is 3.35. The molecule has 0 heterocycles. The Morgan fingerprint density at radius 2 is 1.67 bits per heavy atom. The van der Waals surface area contributed by atoms with Gasteiger partial charge in [0.05, 0.1) is 17.0 Å². The average molecular weight is 366 g/mol. The van der Waals surface area contributed by atoms with Crippen molar-refractivity contribution in [2.24, 2.45) is 5.10 Å². The maximum Gasteiger partial charge on any atom is 0.416 e. The minimum Gasteiger partial charge on any atom is -0.278 e. The molecular formula is C22H17F3N2. The Balaban J connectivity index is 1.56. The maximum atomic E-state index is 12.8. The predicted molar refractivity (Wildman–Crippen MR) is 102 cm³/mol. The van der Waals surface area contributed by atoms with E-state index >= 15 is 0 Å². The molecule has 0 saturated heterocycles. The molecule has 0 bridgehead atoms. The number of fused-ring (bicyclic) bond motifs is 3. The summed E-state index contributed by atoms with van der Waals surface area (Å²) in [5, 5.41) is 4.26. The SMILES string of the molecule is C/C(=N\Nc1cccc(C(F)(F)F)c1)c1ccc2c(c1)Cc1ccccc1-2. The van der Waals surface area contributed by atoms with Crippen molar-refractivity contribution in [2.75, 3.05) is 5.43 Å². The molecule has 0 unspecified atom stereocenters. The number of hydrogen-bond acceptors (Lipinski definition) is 2. The number of hydrazone groups is 1. The highest BCUT2D eigenvalue weighted by molar-refractivity contribution is 6.00. The van der Waals surface area contributed by atoms with Crippen molar-refractivity contribution in [3.63, 3.8) is 0 Å². The highest BCUT2D eigenvalue weighted by Crippen LogP contribution is 2.36. The molecule has 1 aliphatic carbocycles. The van der Waals surface area contributed by atoms with Gasteiger partial charge in [0, 0.05) is 0 Å². The number of anilines is 1. The first-order valence-corrected chi connectivity index (χ1v) is 8.61. The van der Waals surface area contributed by atoms with Crippen LogP contribution in [0.25, 0.3) is 11.1 Å². The van der Waals surface area contributed by atoms with Crippen molar-refractivity contribution in [1.82, 2.24) is 0 Å².